The Hall–Kier alpha value is -1.05. The average Bonchev–Trinajstić information content (AvgIpc) is 2.14. The third-order valence-corrected chi connectivity index (χ3v) is 1.36. The fourth-order valence-corrected chi connectivity index (χ4v) is 0.789. The van der Waals surface area contributed by atoms with Gasteiger partial charge in [-0.2, -0.15) is 0 Å². The van der Waals surface area contributed by atoms with Gasteiger partial charge in [-0.05, 0) is 24.6 Å². The predicted octanol–water partition coefficient (Wildman–Crippen LogP) is 1.90. The van der Waals surface area contributed by atoms with Crippen LogP contribution in [0.25, 0.3) is 0 Å². The summed E-state index contributed by atoms with van der Waals surface area (Å²) in [4.78, 5) is 0. The van der Waals surface area contributed by atoms with E-state index >= 15 is 0 Å². The molecule has 2 heteroatoms. The van der Waals surface area contributed by atoms with Crippen molar-refractivity contribution in [3.63, 3.8) is 0 Å². The van der Waals surface area contributed by atoms with Crippen molar-refractivity contribution < 1.29 is 4.39 Å². The quantitative estimate of drug-likeness (QED) is 0.585. The molecule has 0 aromatic rings. The monoisotopic (exact) mass is 139 g/mol. The van der Waals surface area contributed by atoms with Crippen molar-refractivity contribution in [2.24, 2.45) is 0 Å². The fraction of sp³-hybridized carbons (Fsp3) is 0.250. The molecule has 0 fully saturated rings. The maximum atomic E-state index is 12.5. The number of halogens is 1. The second-order valence-electron chi connectivity index (χ2n) is 2.07. The van der Waals surface area contributed by atoms with E-state index in [1.54, 1.807) is 12.2 Å². The van der Waals surface area contributed by atoms with E-state index in [0.717, 1.165) is 5.70 Å². The molecule has 0 spiro atoms. The van der Waals surface area contributed by atoms with Gasteiger partial charge in [0.1, 0.15) is 5.83 Å². The lowest BCUT2D eigenvalue weighted by Gasteiger charge is -1.95. The number of hydrogen-bond acceptors (Lipinski definition) is 1. The van der Waals surface area contributed by atoms with Gasteiger partial charge in [0, 0.05) is 12.7 Å². The Morgan fingerprint density at radius 2 is 2.20 bits per heavy atom. The second kappa shape index (κ2) is 3.20. The van der Waals surface area contributed by atoms with Crippen molar-refractivity contribution in [2.75, 3.05) is 7.05 Å². The van der Waals surface area contributed by atoms with Crippen LogP contribution in [0.3, 0.4) is 0 Å². The summed E-state index contributed by atoms with van der Waals surface area (Å²) in [7, 11) is 1.82. The molecule has 0 radical (unpaired) electrons. The Morgan fingerprint density at radius 3 is 2.90 bits per heavy atom. The zero-order valence-corrected chi connectivity index (χ0v) is 5.89. The fourth-order valence-electron chi connectivity index (χ4n) is 0.789. The molecule has 10 heavy (non-hydrogen) atoms. The van der Waals surface area contributed by atoms with Crippen LogP contribution < -0.4 is 5.32 Å². The van der Waals surface area contributed by atoms with Crippen LogP contribution in [0.15, 0.2) is 35.8 Å². The van der Waals surface area contributed by atoms with Crippen molar-refractivity contribution in [3.8, 4) is 0 Å². The van der Waals surface area contributed by atoms with Gasteiger partial charge in [-0.15, -0.1) is 0 Å². The highest BCUT2D eigenvalue weighted by Crippen LogP contribution is 2.08. The molecule has 0 saturated carbocycles. The SMILES string of the molecule is CNC1=CCC=C(F)C=C1. The molecular formula is C8H10FN. The third-order valence-electron chi connectivity index (χ3n) is 1.36. The molecule has 1 rings (SSSR count). The number of likely N-dealkylation sites (N-methyl/N-ethyl adjacent to an activating group) is 1. The minimum atomic E-state index is -0.165. The summed E-state index contributed by atoms with van der Waals surface area (Å²) in [5, 5.41) is 2.94. The van der Waals surface area contributed by atoms with Crippen LogP contribution in [-0.4, -0.2) is 7.05 Å². The standard InChI is InChI=1S/C8H10FN/c1-10-8-4-2-3-7(9)5-6-8/h3-6,10H,2H2,1H3. The third kappa shape index (κ3) is 1.72. The molecule has 0 amide bonds. The second-order valence-corrected chi connectivity index (χ2v) is 2.07. The molecule has 1 aliphatic carbocycles. The van der Waals surface area contributed by atoms with Crippen molar-refractivity contribution >= 4 is 0 Å². The number of nitrogens with one attached hydrogen (secondary N) is 1. The van der Waals surface area contributed by atoms with Gasteiger partial charge in [-0.25, -0.2) is 4.39 Å². The molecule has 0 bridgehead atoms. The van der Waals surface area contributed by atoms with Gasteiger partial charge in [0.2, 0.25) is 0 Å². The molecule has 0 saturated heterocycles. The first-order valence-corrected chi connectivity index (χ1v) is 3.24. The smallest absolute Gasteiger partial charge is 0.119 e. The summed E-state index contributed by atoms with van der Waals surface area (Å²) in [5.41, 5.74) is 0.962. The molecule has 0 aromatic carbocycles. The topological polar surface area (TPSA) is 12.0 Å². The lowest BCUT2D eigenvalue weighted by Crippen LogP contribution is -2.01. The molecule has 0 aliphatic heterocycles. The molecule has 54 valence electrons. The summed E-state index contributed by atoms with van der Waals surface area (Å²) in [6.07, 6.45) is 7.31. The first kappa shape index (κ1) is 7.06. The highest BCUT2D eigenvalue weighted by molar-refractivity contribution is 5.27. The zero-order valence-electron chi connectivity index (χ0n) is 5.89. The summed E-state index contributed by atoms with van der Waals surface area (Å²) < 4.78 is 12.5. The minimum Gasteiger partial charge on any atom is -0.388 e. The number of rotatable bonds is 1. The van der Waals surface area contributed by atoms with E-state index in [-0.39, 0.29) is 5.83 Å². The lowest BCUT2D eigenvalue weighted by molar-refractivity contribution is 0.663. The van der Waals surface area contributed by atoms with Gasteiger partial charge < -0.3 is 5.32 Å². The summed E-state index contributed by atoms with van der Waals surface area (Å²) in [6.45, 7) is 0. The van der Waals surface area contributed by atoms with Crippen molar-refractivity contribution in [3.05, 3.63) is 35.8 Å². The van der Waals surface area contributed by atoms with E-state index in [0.29, 0.717) is 6.42 Å². The Morgan fingerprint density at radius 1 is 1.40 bits per heavy atom. The van der Waals surface area contributed by atoms with Crippen LogP contribution in [0.4, 0.5) is 4.39 Å². The van der Waals surface area contributed by atoms with E-state index in [1.165, 1.54) is 6.08 Å². The molecular weight excluding hydrogens is 129 g/mol. The predicted molar refractivity (Wildman–Crippen MR) is 40.1 cm³/mol. The van der Waals surface area contributed by atoms with Gasteiger partial charge in [0.15, 0.2) is 0 Å². The first-order chi connectivity index (χ1) is 4.83. The van der Waals surface area contributed by atoms with Crippen LogP contribution >= 0.6 is 0 Å². The molecule has 0 unspecified atom stereocenters. The maximum absolute atomic E-state index is 12.5. The van der Waals surface area contributed by atoms with Gasteiger partial charge in [-0.3, -0.25) is 0 Å². The summed E-state index contributed by atoms with van der Waals surface area (Å²) in [6, 6.07) is 0. The molecule has 1 nitrogen and oxygen atoms in total. The Labute approximate surface area is 59.9 Å². The number of hydrogen-bond donors (Lipinski definition) is 1. The van der Waals surface area contributed by atoms with Gasteiger partial charge in [0.05, 0.1) is 0 Å². The van der Waals surface area contributed by atoms with Crippen molar-refractivity contribution in [2.45, 2.75) is 6.42 Å². The van der Waals surface area contributed by atoms with Crippen LogP contribution in [-0.2, 0) is 0 Å². The molecule has 1 aliphatic rings. The van der Waals surface area contributed by atoms with Gasteiger partial charge in [-0.1, -0.05) is 6.08 Å². The van der Waals surface area contributed by atoms with Crippen LogP contribution in [0.5, 0.6) is 0 Å². The van der Waals surface area contributed by atoms with E-state index in [9.17, 15) is 4.39 Å². The first-order valence-electron chi connectivity index (χ1n) is 3.24. The number of allylic oxidation sites excluding steroid dienone is 5. The van der Waals surface area contributed by atoms with Crippen molar-refractivity contribution in [1.29, 1.82) is 0 Å². The van der Waals surface area contributed by atoms with Crippen LogP contribution in [0.1, 0.15) is 6.42 Å². The van der Waals surface area contributed by atoms with E-state index in [4.69, 9.17) is 0 Å². The Kier molecular flexibility index (Phi) is 2.26. The van der Waals surface area contributed by atoms with Crippen LogP contribution in [0, 0.1) is 0 Å². The lowest BCUT2D eigenvalue weighted by atomic mass is 10.3. The van der Waals surface area contributed by atoms with E-state index in [1.807, 2.05) is 13.1 Å². The molecule has 1 N–H and O–H groups in total. The van der Waals surface area contributed by atoms with E-state index < -0.39 is 0 Å². The summed E-state index contributed by atoms with van der Waals surface area (Å²) in [5.74, 6) is -0.165. The summed E-state index contributed by atoms with van der Waals surface area (Å²) >= 11 is 0. The average molecular weight is 139 g/mol. The molecule has 0 aromatic heterocycles. The maximum Gasteiger partial charge on any atom is 0.119 e. The molecule has 0 atom stereocenters. The highest BCUT2D eigenvalue weighted by atomic mass is 19.1. The minimum absolute atomic E-state index is 0.165. The molecule has 0 heterocycles. The zero-order chi connectivity index (χ0) is 7.40. The Bertz CT molecular complexity index is 201. The van der Waals surface area contributed by atoms with Crippen molar-refractivity contribution in [1.82, 2.24) is 5.32 Å². The largest absolute Gasteiger partial charge is 0.388 e. The normalized spacial score (nSPS) is 17.4. The van der Waals surface area contributed by atoms with Gasteiger partial charge >= 0.3 is 0 Å². The van der Waals surface area contributed by atoms with Gasteiger partial charge in [0.25, 0.3) is 0 Å². The highest BCUT2D eigenvalue weighted by Gasteiger charge is 1.93. The Balaban J connectivity index is 2.69. The van der Waals surface area contributed by atoms with Crippen LogP contribution in [0.2, 0.25) is 0 Å². The van der Waals surface area contributed by atoms with E-state index in [2.05, 4.69) is 5.32 Å².